The molecule has 0 radical (unpaired) electrons. The lowest BCUT2D eigenvalue weighted by Gasteiger charge is -2.33. The maximum absolute atomic E-state index is 5.99. The van der Waals surface area contributed by atoms with Crippen LogP contribution in [0, 0.1) is 11.8 Å². The number of ether oxygens (including phenoxy) is 1. The molecule has 8 heteroatoms. The summed E-state index contributed by atoms with van der Waals surface area (Å²) in [4.78, 5) is 15.9. The fourth-order valence-corrected chi connectivity index (χ4v) is 3.88. The van der Waals surface area contributed by atoms with Crippen LogP contribution < -0.4 is 4.90 Å². The summed E-state index contributed by atoms with van der Waals surface area (Å²) >= 11 is 0. The maximum Gasteiger partial charge on any atom is 0.160 e. The highest BCUT2D eigenvalue weighted by Gasteiger charge is 2.22. The van der Waals surface area contributed by atoms with Gasteiger partial charge in [-0.2, -0.15) is 5.10 Å². The van der Waals surface area contributed by atoms with Gasteiger partial charge in [0.2, 0.25) is 0 Å². The summed E-state index contributed by atoms with van der Waals surface area (Å²) in [5.41, 5.74) is 0.787. The van der Waals surface area contributed by atoms with Crippen molar-refractivity contribution < 1.29 is 4.74 Å². The van der Waals surface area contributed by atoms with E-state index in [1.165, 1.54) is 0 Å². The van der Waals surface area contributed by atoms with E-state index in [9.17, 15) is 0 Å². The third-order valence-corrected chi connectivity index (χ3v) is 5.70. The average Bonchev–Trinajstić information content (AvgIpc) is 3.23. The van der Waals surface area contributed by atoms with E-state index in [0.29, 0.717) is 6.61 Å². The monoisotopic (exact) mass is 383 g/mol. The van der Waals surface area contributed by atoms with Crippen LogP contribution >= 0.6 is 0 Å². The van der Waals surface area contributed by atoms with Crippen molar-refractivity contribution in [2.24, 2.45) is 0 Å². The Morgan fingerprint density at radius 3 is 2.64 bits per heavy atom. The molecule has 0 unspecified atom stereocenters. The number of piperidine rings is 1. The normalized spacial score (nSPS) is 19.7. The van der Waals surface area contributed by atoms with Gasteiger partial charge in [-0.05, 0) is 19.4 Å². The first-order valence-corrected chi connectivity index (χ1v) is 10.2. The second-order valence-corrected chi connectivity index (χ2v) is 7.39. The molecule has 0 atom stereocenters. The van der Waals surface area contributed by atoms with Crippen molar-refractivity contribution in [1.82, 2.24) is 30.0 Å². The first-order valence-electron chi connectivity index (χ1n) is 10.2. The number of hydrogen-bond donors (Lipinski definition) is 1. The quantitative estimate of drug-likeness (QED) is 0.772. The number of fused-ring (bicyclic) bond motifs is 1. The Labute approximate surface area is 166 Å². The van der Waals surface area contributed by atoms with Crippen LogP contribution in [0.25, 0.3) is 11.0 Å². The Hall–Kier alpha value is -2.21. The number of piperazine rings is 1. The lowest BCUT2D eigenvalue weighted by molar-refractivity contribution is 0.0593. The minimum atomic E-state index is 0.278. The molecule has 0 amide bonds. The molecule has 2 aromatic rings. The van der Waals surface area contributed by atoms with E-state index in [0.717, 1.165) is 82.1 Å². The Morgan fingerprint density at radius 2 is 1.86 bits per heavy atom. The lowest BCUT2D eigenvalue weighted by Crippen LogP contribution is -2.46. The Morgan fingerprint density at radius 1 is 1.07 bits per heavy atom. The smallest absolute Gasteiger partial charge is 0.160 e. The highest BCUT2D eigenvalue weighted by atomic mass is 16.5. The summed E-state index contributed by atoms with van der Waals surface area (Å²) < 4.78 is 5.99. The number of nitrogens with one attached hydrogen (secondary N) is 1. The van der Waals surface area contributed by atoms with Crippen LogP contribution in [0.3, 0.4) is 0 Å². The van der Waals surface area contributed by atoms with Crippen molar-refractivity contribution >= 4 is 16.9 Å². The summed E-state index contributed by atoms with van der Waals surface area (Å²) in [6.45, 7) is 11.2. The summed E-state index contributed by atoms with van der Waals surface area (Å²) in [5, 5.41) is 7.95. The number of hydrogen-bond acceptors (Lipinski definition) is 7. The molecule has 2 fully saturated rings. The van der Waals surface area contributed by atoms with E-state index < -0.39 is 0 Å². The highest BCUT2D eigenvalue weighted by Crippen LogP contribution is 2.25. The number of nitrogens with zero attached hydrogens (tertiary/aromatic N) is 6. The molecule has 150 valence electrons. The fraction of sp³-hybridized carbons (Fsp3) is 0.650. The first-order chi connectivity index (χ1) is 13.8. The minimum Gasteiger partial charge on any atom is -0.365 e. The molecular formula is C20H29N7O. The average molecular weight is 384 g/mol. The van der Waals surface area contributed by atoms with Gasteiger partial charge in [0, 0.05) is 39.3 Å². The number of aromatic nitrogens is 4. The van der Waals surface area contributed by atoms with Gasteiger partial charge < -0.3 is 14.5 Å². The molecule has 1 N–H and O–H groups in total. The molecule has 0 saturated carbocycles. The van der Waals surface area contributed by atoms with Gasteiger partial charge in [0.05, 0.1) is 24.2 Å². The molecule has 28 heavy (non-hydrogen) atoms. The molecule has 8 nitrogen and oxygen atoms in total. The highest BCUT2D eigenvalue weighted by molar-refractivity contribution is 5.86. The largest absolute Gasteiger partial charge is 0.365 e. The van der Waals surface area contributed by atoms with E-state index >= 15 is 0 Å². The van der Waals surface area contributed by atoms with Crippen molar-refractivity contribution in [3.05, 3.63) is 12.5 Å². The molecule has 2 aliphatic rings. The summed E-state index contributed by atoms with van der Waals surface area (Å²) in [6, 6.07) is 0. The number of rotatable bonds is 5. The van der Waals surface area contributed by atoms with Gasteiger partial charge >= 0.3 is 0 Å². The van der Waals surface area contributed by atoms with E-state index in [1.807, 2.05) is 0 Å². The Balaban J connectivity index is 1.17. The molecule has 4 heterocycles. The number of likely N-dealkylation sites (N-methyl/N-ethyl adjacent to an activating group) is 1. The molecule has 0 aliphatic carbocycles. The molecule has 2 aromatic heterocycles. The molecular weight excluding hydrogens is 354 g/mol. The lowest BCUT2D eigenvalue weighted by atomic mass is 10.1. The standard InChI is InChI=1S/C20H29N7O/c1-2-25-10-12-26(13-11-25)7-3-4-14-28-17-5-8-27(9-6-17)20-18-15-23-24-19(18)21-16-22-20/h15-17H,2,5-14H2,1H3,(H,21,22,23,24). The predicted molar refractivity (Wildman–Crippen MR) is 109 cm³/mol. The van der Waals surface area contributed by atoms with E-state index in [-0.39, 0.29) is 6.10 Å². The molecule has 2 saturated heterocycles. The SMILES string of the molecule is CCN1CCN(CC#CCOC2CCN(c3ncnc4[nH]ncc34)CC2)CC1. The third kappa shape index (κ3) is 4.61. The van der Waals surface area contributed by atoms with Crippen molar-refractivity contribution in [2.75, 3.05) is 63.9 Å². The fourth-order valence-electron chi connectivity index (χ4n) is 3.88. The van der Waals surface area contributed by atoms with Gasteiger partial charge in [0.25, 0.3) is 0 Å². The van der Waals surface area contributed by atoms with Crippen LogP contribution in [0.4, 0.5) is 5.82 Å². The number of aromatic amines is 1. The van der Waals surface area contributed by atoms with E-state index in [4.69, 9.17) is 4.74 Å². The molecule has 0 spiro atoms. The zero-order valence-corrected chi connectivity index (χ0v) is 16.6. The van der Waals surface area contributed by atoms with Gasteiger partial charge in [-0.1, -0.05) is 18.8 Å². The van der Waals surface area contributed by atoms with Crippen LogP contribution in [-0.2, 0) is 4.74 Å². The second-order valence-electron chi connectivity index (χ2n) is 7.39. The van der Waals surface area contributed by atoms with Crippen LogP contribution in [-0.4, -0.2) is 95.0 Å². The van der Waals surface area contributed by atoms with Crippen molar-refractivity contribution in [3.8, 4) is 11.8 Å². The molecule has 2 aliphatic heterocycles. The summed E-state index contributed by atoms with van der Waals surface area (Å²) in [7, 11) is 0. The van der Waals surface area contributed by atoms with Gasteiger partial charge in [0.1, 0.15) is 18.8 Å². The van der Waals surface area contributed by atoms with Gasteiger partial charge in [-0.3, -0.25) is 10.00 Å². The summed E-state index contributed by atoms with van der Waals surface area (Å²) in [6.07, 6.45) is 5.65. The van der Waals surface area contributed by atoms with Gasteiger partial charge in [-0.15, -0.1) is 0 Å². The topological polar surface area (TPSA) is 73.4 Å². The second kappa shape index (κ2) is 9.32. The third-order valence-electron chi connectivity index (χ3n) is 5.70. The predicted octanol–water partition coefficient (Wildman–Crippen LogP) is 0.979. The summed E-state index contributed by atoms with van der Waals surface area (Å²) in [5.74, 6) is 7.43. The van der Waals surface area contributed by atoms with Gasteiger partial charge in [0.15, 0.2) is 5.65 Å². The van der Waals surface area contributed by atoms with Crippen LogP contribution in [0.15, 0.2) is 12.5 Å². The van der Waals surface area contributed by atoms with Crippen LogP contribution in [0.2, 0.25) is 0 Å². The van der Waals surface area contributed by atoms with Crippen LogP contribution in [0.1, 0.15) is 19.8 Å². The van der Waals surface area contributed by atoms with Crippen molar-refractivity contribution in [1.29, 1.82) is 0 Å². The van der Waals surface area contributed by atoms with Crippen LogP contribution in [0.5, 0.6) is 0 Å². The zero-order valence-electron chi connectivity index (χ0n) is 16.6. The maximum atomic E-state index is 5.99. The Bertz CT molecular complexity index is 811. The number of H-pyrrole nitrogens is 1. The molecule has 0 aromatic carbocycles. The first kappa shape index (κ1) is 19.1. The van der Waals surface area contributed by atoms with Gasteiger partial charge in [-0.25, -0.2) is 9.97 Å². The molecule has 0 bridgehead atoms. The van der Waals surface area contributed by atoms with E-state index in [2.05, 4.69) is 53.6 Å². The van der Waals surface area contributed by atoms with Crippen molar-refractivity contribution in [3.63, 3.8) is 0 Å². The van der Waals surface area contributed by atoms with E-state index in [1.54, 1.807) is 12.5 Å². The minimum absolute atomic E-state index is 0.278. The Kier molecular flexibility index (Phi) is 6.37. The molecule has 4 rings (SSSR count). The van der Waals surface area contributed by atoms with Crippen molar-refractivity contribution in [2.45, 2.75) is 25.9 Å². The zero-order chi connectivity index (χ0) is 19.2. The number of anilines is 1.